The Morgan fingerprint density at radius 3 is 2.53 bits per heavy atom. The van der Waals surface area contributed by atoms with E-state index in [2.05, 4.69) is 41.3 Å². The van der Waals surface area contributed by atoms with Crippen molar-refractivity contribution >= 4 is 11.8 Å². The van der Waals surface area contributed by atoms with Crippen molar-refractivity contribution in [3.05, 3.63) is 30.1 Å². The average molecular weight is 231 g/mol. The molecule has 0 aromatic carbocycles. The molecule has 17 heavy (non-hydrogen) atoms. The van der Waals surface area contributed by atoms with E-state index in [0.29, 0.717) is 0 Å². The maximum Gasteiger partial charge on any atom is 0.0628 e. The number of nitrogens with zero attached hydrogens (tertiary/aromatic N) is 3. The summed E-state index contributed by atoms with van der Waals surface area (Å²) < 4.78 is 0. The maximum absolute atomic E-state index is 4.53. The summed E-state index contributed by atoms with van der Waals surface area (Å²) in [5.74, 6) is 0. The smallest absolute Gasteiger partial charge is 0.0628 e. The van der Waals surface area contributed by atoms with Crippen LogP contribution in [0, 0.1) is 6.92 Å². The molecule has 0 radical (unpaired) electrons. The quantitative estimate of drug-likeness (QED) is 0.795. The topological polar surface area (TPSA) is 19.4 Å². The average Bonchev–Trinajstić information content (AvgIpc) is 2.39. The SMILES string of the molecule is C=Cc1ccc(N2CCN(CC)CC2)c(C)n1. The van der Waals surface area contributed by atoms with Gasteiger partial charge in [0.2, 0.25) is 0 Å². The first-order valence-corrected chi connectivity index (χ1v) is 6.32. The van der Waals surface area contributed by atoms with Crippen LogP contribution in [-0.4, -0.2) is 42.6 Å². The molecule has 0 amide bonds. The van der Waals surface area contributed by atoms with E-state index in [4.69, 9.17) is 0 Å². The first kappa shape index (κ1) is 12.1. The van der Waals surface area contributed by atoms with Crippen LogP contribution < -0.4 is 4.90 Å². The largest absolute Gasteiger partial charge is 0.368 e. The molecule has 2 rings (SSSR count). The van der Waals surface area contributed by atoms with Crippen LogP contribution in [0.25, 0.3) is 6.08 Å². The summed E-state index contributed by atoms with van der Waals surface area (Å²) in [5.41, 5.74) is 3.33. The van der Waals surface area contributed by atoms with Crippen molar-refractivity contribution in [1.82, 2.24) is 9.88 Å². The highest BCUT2D eigenvalue weighted by Crippen LogP contribution is 2.20. The van der Waals surface area contributed by atoms with Crippen molar-refractivity contribution in [3.63, 3.8) is 0 Å². The zero-order chi connectivity index (χ0) is 12.3. The van der Waals surface area contributed by atoms with Crippen LogP contribution in [0.3, 0.4) is 0 Å². The normalized spacial score (nSPS) is 17.2. The van der Waals surface area contributed by atoms with E-state index in [1.54, 1.807) is 6.08 Å². The Morgan fingerprint density at radius 1 is 1.29 bits per heavy atom. The van der Waals surface area contributed by atoms with Crippen molar-refractivity contribution in [2.24, 2.45) is 0 Å². The lowest BCUT2D eigenvalue weighted by Crippen LogP contribution is -2.46. The maximum atomic E-state index is 4.53. The second-order valence-electron chi connectivity index (χ2n) is 4.47. The van der Waals surface area contributed by atoms with Gasteiger partial charge in [0.05, 0.1) is 17.1 Å². The van der Waals surface area contributed by atoms with E-state index in [9.17, 15) is 0 Å². The highest BCUT2D eigenvalue weighted by Gasteiger charge is 2.17. The molecule has 0 spiro atoms. The third-order valence-corrected chi connectivity index (χ3v) is 3.45. The molecule has 92 valence electrons. The zero-order valence-electron chi connectivity index (χ0n) is 10.8. The molecule has 0 aliphatic carbocycles. The highest BCUT2D eigenvalue weighted by molar-refractivity contribution is 5.54. The third kappa shape index (κ3) is 2.67. The summed E-state index contributed by atoms with van der Waals surface area (Å²) in [6.45, 7) is 13.7. The number of anilines is 1. The number of likely N-dealkylation sites (N-methyl/N-ethyl adjacent to an activating group) is 1. The predicted molar refractivity (Wildman–Crippen MR) is 73.4 cm³/mol. The Morgan fingerprint density at radius 2 is 2.00 bits per heavy atom. The first-order chi connectivity index (χ1) is 8.24. The van der Waals surface area contributed by atoms with Gasteiger partial charge in [-0.05, 0) is 31.7 Å². The van der Waals surface area contributed by atoms with Gasteiger partial charge in [-0.1, -0.05) is 13.5 Å². The second kappa shape index (κ2) is 5.32. The molecular weight excluding hydrogens is 210 g/mol. The molecule has 1 aliphatic heterocycles. The molecule has 1 aromatic rings. The Kier molecular flexibility index (Phi) is 3.79. The molecule has 3 nitrogen and oxygen atoms in total. The highest BCUT2D eigenvalue weighted by atomic mass is 15.3. The first-order valence-electron chi connectivity index (χ1n) is 6.32. The minimum absolute atomic E-state index is 0.957. The van der Waals surface area contributed by atoms with E-state index >= 15 is 0 Å². The molecule has 0 bridgehead atoms. The fourth-order valence-corrected chi connectivity index (χ4v) is 2.33. The van der Waals surface area contributed by atoms with Crippen LogP contribution in [-0.2, 0) is 0 Å². The molecule has 1 fully saturated rings. The van der Waals surface area contributed by atoms with Gasteiger partial charge < -0.3 is 9.80 Å². The van der Waals surface area contributed by atoms with Crippen LogP contribution in [0.4, 0.5) is 5.69 Å². The number of aromatic nitrogens is 1. The lowest BCUT2D eigenvalue weighted by atomic mass is 10.2. The van der Waals surface area contributed by atoms with Crippen molar-refractivity contribution in [1.29, 1.82) is 0 Å². The molecule has 0 N–H and O–H groups in total. The van der Waals surface area contributed by atoms with Gasteiger partial charge in [0, 0.05) is 26.2 Å². The summed E-state index contributed by atoms with van der Waals surface area (Å²) in [4.78, 5) is 9.45. The third-order valence-electron chi connectivity index (χ3n) is 3.45. The fraction of sp³-hybridized carbons (Fsp3) is 0.500. The molecule has 0 atom stereocenters. The minimum atomic E-state index is 0.957. The Hall–Kier alpha value is -1.35. The van der Waals surface area contributed by atoms with Gasteiger partial charge in [-0.2, -0.15) is 0 Å². The summed E-state index contributed by atoms with van der Waals surface area (Å²) in [6.07, 6.45) is 1.80. The molecule has 1 saturated heterocycles. The Bertz CT molecular complexity index is 392. The predicted octanol–water partition coefficient (Wildman–Crippen LogP) is 2.17. The zero-order valence-corrected chi connectivity index (χ0v) is 10.8. The lowest BCUT2D eigenvalue weighted by molar-refractivity contribution is 0.271. The lowest BCUT2D eigenvalue weighted by Gasteiger charge is -2.36. The van der Waals surface area contributed by atoms with Crippen LogP contribution in [0.15, 0.2) is 18.7 Å². The standard InChI is InChI=1S/C14H21N3/c1-4-13-6-7-14(12(3)15-13)17-10-8-16(5-2)9-11-17/h4,6-7H,1,5,8-11H2,2-3H3. The molecule has 1 aliphatic rings. The summed E-state index contributed by atoms with van der Waals surface area (Å²) in [5, 5.41) is 0. The van der Waals surface area contributed by atoms with E-state index in [-0.39, 0.29) is 0 Å². The number of hydrogen-bond acceptors (Lipinski definition) is 3. The number of aryl methyl sites for hydroxylation is 1. The Labute approximate surface area is 104 Å². The monoisotopic (exact) mass is 231 g/mol. The molecule has 0 unspecified atom stereocenters. The van der Waals surface area contributed by atoms with Crippen LogP contribution in [0.1, 0.15) is 18.3 Å². The van der Waals surface area contributed by atoms with Crippen LogP contribution in [0.2, 0.25) is 0 Å². The van der Waals surface area contributed by atoms with Gasteiger partial charge in [0.1, 0.15) is 0 Å². The van der Waals surface area contributed by atoms with Gasteiger partial charge in [-0.25, -0.2) is 0 Å². The summed E-state index contributed by atoms with van der Waals surface area (Å²) in [6, 6.07) is 4.21. The second-order valence-corrected chi connectivity index (χ2v) is 4.47. The van der Waals surface area contributed by atoms with E-state index < -0.39 is 0 Å². The van der Waals surface area contributed by atoms with Gasteiger partial charge in [-0.3, -0.25) is 4.98 Å². The van der Waals surface area contributed by atoms with E-state index in [1.807, 2.05) is 6.07 Å². The Balaban J connectivity index is 2.10. The van der Waals surface area contributed by atoms with Crippen molar-refractivity contribution in [2.45, 2.75) is 13.8 Å². The van der Waals surface area contributed by atoms with Crippen molar-refractivity contribution in [2.75, 3.05) is 37.6 Å². The molecule has 3 heteroatoms. The number of rotatable bonds is 3. The summed E-state index contributed by atoms with van der Waals surface area (Å²) >= 11 is 0. The summed E-state index contributed by atoms with van der Waals surface area (Å²) in [7, 11) is 0. The molecule has 0 saturated carbocycles. The minimum Gasteiger partial charge on any atom is -0.368 e. The number of pyridine rings is 1. The van der Waals surface area contributed by atoms with Gasteiger partial charge >= 0.3 is 0 Å². The van der Waals surface area contributed by atoms with Crippen LogP contribution >= 0.6 is 0 Å². The van der Waals surface area contributed by atoms with Crippen molar-refractivity contribution in [3.8, 4) is 0 Å². The molecule has 1 aromatic heterocycles. The number of piperazine rings is 1. The van der Waals surface area contributed by atoms with Gasteiger partial charge in [-0.15, -0.1) is 0 Å². The molecular formula is C14H21N3. The molecule has 2 heterocycles. The van der Waals surface area contributed by atoms with E-state index in [1.165, 1.54) is 5.69 Å². The van der Waals surface area contributed by atoms with Crippen molar-refractivity contribution < 1.29 is 0 Å². The number of hydrogen-bond donors (Lipinski definition) is 0. The fourth-order valence-electron chi connectivity index (χ4n) is 2.33. The van der Waals surface area contributed by atoms with Crippen LogP contribution in [0.5, 0.6) is 0 Å². The van der Waals surface area contributed by atoms with E-state index in [0.717, 1.165) is 44.1 Å². The van der Waals surface area contributed by atoms with Gasteiger partial charge in [0.25, 0.3) is 0 Å². The van der Waals surface area contributed by atoms with Gasteiger partial charge in [0.15, 0.2) is 0 Å².